The topological polar surface area (TPSA) is 38.5 Å². The molecular formula is C14H23ClN2O. The zero-order valence-electron chi connectivity index (χ0n) is 10.9. The number of likely N-dealkylation sites (tertiary alicyclic amines) is 1. The van der Waals surface area contributed by atoms with Crippen LogP contribution in [0.4, 0.5) is 0 Å². The number of halogens is 1. The maximum absolute atomic E-state index is 6.00. The summed E-state index contributed by atoms with van der Waals surface area (Å²) in [5, 5.41) is 0. The number of ether oxygens (including phenoxy) is 1. The van der Waals surface area contributed by atoms with Crippen molar-refractivity contribution in [3.8, 4) is 5.75 Å². The summed E-state index contributed by atoms with van der Waals surface area (Å²) in [6.07, 6.45) is 1.10. The zero-order chi connectivity index (χ0) is 12.1. The third-order valence-electron chi connectivity index (χ3n) is 3.48. The summed E-state index contributed by atoms with van der Waals surface area (Å²) < 4.78 is 5.70. The molecule has 1 saturated heterocycles. The van der Waals surface area contributed by atoms with E-state index in [0.29, 0.717) is 12.0 Å². The van der Waals surface area contributed by atoms with Gasteiger partial charge >= 0.3 is 0 Å². The third-order valence-corrected chi connectivity index (χ3v) is 3.48. The first-order chi connectivity index (χ1) is 8.25. The van der Waals surface area contributed by atoms with Crippen molar-refractivity contribution in [1.82, 2.24) is 4.90 Å². The van der Waals surface area contributed by atoms with Gasteiger partial charge in [-0.05, 0) is 31.0 Å². The van der Waals surface area contributed by atoms with E-state index < -0.39 is 0 Å². The van der Waals surface area contributed by atoms with Gasteiger partial charge in [0.25, 0.3) is 0 Å². The molecule has 102 valence electrons. The zero-order valence-corrected chi connectivity index (χ0v) is 11.7. The summed E-state index contributed by atoms with van der Waals surface area (Å²) in [6, 6.07) is 10.4. The van der Waals surface area contributed by atoms with Crippen LogP contribution in [-0.2, 0) is 0 Å². The monoisotopic (exact) mass is 270 g/mol. The quantitative estimate of drug-likeness (QED) is 0.911. The molecule has 1 aliphatic heterocycles. The molecule has 0 spiro atoms. The van der Waals surface area contributed by atoms with Gasteiger partial charge < -0.3 is 10.5 Å². The maximum Gasteiger partial charge on any atom is 0.119 e. The van der Waals surface area contributed by atoms with E-state index in [1.165, 1.54) is 0 Å². The number of rotatable bonds is 4. The van der Waals surface area contributed by atoms with E-state index >= 15 is 0 Å². The van der Waals surface area contributed by atoms with E-state index in [1.54, 1.807) is 0 Å². The predicted molar refractivity (Wildman–Crippen MR) is 77.4 cm³/mol. The molecule has 1 aromatic rings. The number of benzene rings is 1. The Morgan fingerprint density at radius 3 is 2.72 bits per heavy atom. The molecule has 1 aromatic carbocycles. The summed E-state index contributed by atoms with van der Waals surface area (Å²) in [4.78, 5) is 2.44. The summed E-state index contributed by atoms with van der Waals surface area (Å²) in [5.74, 6) is 1.55. The minimum atomic E-state index is 0. The highest BCUT2D eigenvalue weighted by atomic mass is 35.5. The normalized spacial score (nSPS) is 24.3. The van der Waals surface area contributed by atoms with E-state index in [4.69, 9.17) is 10.5 Å². The van der Waals surface area contributed by atoms with Crippen LogP contribution in [0.1, 0.15) is 13.3 Å². The minimum Gasteiger partial charge on any atom is -0.492 e. The van der Waals surface area contributed by atoms with E-state index in [2.05, 4.69) is 11.8 Å². The third kappa shape index (κ3) is 4.48. The predicted octanol–water partition coefficient (Wildman–Crippen LogP) is 2.16. The van der Waals surface area contributed by atoms with Crippen molar-refractivity contribution in [3.05, 3.63) is 30.3 Å². The Morgan fingerprint density at radius 2 is 2.06 bits per heavy atom. The molecule has 1 fully saturated rings. The van der Waals surface area contributed by atoms with Gasteiger partial charge in [0.1, 0.15) is 12.4 Å². The van der Waals surface area contributed by atoms with Gasteiger partial charge in [-0.2, -0.15) is 0 Å². The molecule has 2 rings (SSSR count). The molecule has 0 aromatic heterocycles. The lowest BCUT2D eigenvalue weighted by molar-refractivity contribution is 0.140. The Balaban J connectivity index is 0.00000162. The molecule has 0 bridgehead atoms. The lowest BCUT2D eigenvalue weighted by atomic mass is 9.95. The Labute approximate surface area is 116 Å². The molecule has 18 heavy (non-hydrogen) atoms. The molecule has 2 atom stereocenters. The fraction of sp³-hybridized carbons (Fsp3) is 0.571. The van der Waals surface area contributed by atoms with Gasteiger partial charge in [-0.3, -0.25) is 4.90 Å². The van der Waals surface area contributed by atoms with Crippen molar-refractivity contribution in [3.63, 3.8) is 0 Å². The second kappa shape index (κ2) is 7.62. The Bertz CT molecular complexity index is 334. The van der Waals surface area contributed by atoms with Gasteiger partial charge in [0.05, 0.1) is 0 Å². The summed E-state index contributed by atoms with van der Waals surface area (Å²) >= 11 is 0. The van der Waals surface area contributed by atoms with Gasteiger partial charge in [-0.15, -0.1) is 12.4 Å². The van der Waals surface area contributed by atoms with E-state index in [-0.39, 0.29) is 12.4 Å². The van der Waals surface area contributed by atoms with Crippen molar-refractivity contribution in [1.29, 1.82) is 0 Å². The molecule has 1 heterocycles. The molecular weight excluding hydrogens is 248 g/mol. The second-order valence-corrected chi connectivity index (χ2v) is 4.89. The van der Waals surface area contributed by atoms with Crippen molar-refractivity contribution >= 4 is 12.4 Å². The van der Waals surface area contributed by atoms with Gasteiger partial charge in [0.2, 0.25) is 0 Å². The van der Waals surface area contributed by atoms with Crippen LogP contribution in [0, 0.1) is 5.92 Å². The van der Waals surface area contributed by atoms with Crippen molar-refractivity contribution < 1.29 is 4.74 Å². The number of hydrogen-bond donors (Lipinski definition) is 1. The summed E-state index contributed by atoms with van der Waals surface area (Å²) in [7, 11) is 0. The first-order valence-corrected chi connectivity index (χ1v) is 6.41. The summed E-state index contributed by atoms with van der Waals surface area (Å²) in [5.41, 5.74) is 6.00. The minimum absolute atomic E-state index is 0. The van der Waals surface area contributed by atoms with Crippen LogP contribution in [0.25, 0.3) is 0 Å². The maximum atomic E-state index is 6.00. The Kier molecular flexibility index (Phi) is 6.47. The standard InChI is InChI=1S/C14H22N2O.ClH/c1-12-11-16(8-7-14(12)15)9-10-17-13-5-3-2-4-6-13;/h2-6,12,14H,7-11,15H2,1H3;1H. The molecule has 2 N–H and O–H groups in total. The number of piperidine rings is 1. The van der Waals surface area contributed by atoms with Crippen molar-refractivity contribution in [2.75, 3.05) is 26.2 Å². The van der Waals surface area contributed by atoms with Gasteiger partial charge in [0, 0.05) is 19.1 Å². The average molecular weight is 271 g/mol. The number of hydrogen-bond acceptors (Lipinski definition) is 3. The van der Waals surface area contributed by atoms with Crippen LogP contribution in [-0.4, -0.2) is 37.2 Å². The van der Waals surface area contributed by atoms with Crippen LogP contribution in [0.3, 0.4) is 0 Å². The summed E-state index contributed by atoms with van der Waals surface area (Å²) in [6.45, 7) is 6.18. The van der Waals surface area contributed by atoms with Crippen LogP contribution in [0.15, 0.2) is 30.3 Å². The molecule has 3 nitrogen and oxygen atoms in total. The first kappa shape index (κ1) is 15.3. The fourth-order valence-corrected chi connectivity index (χ4v) is 2.26. The lowest BCUT2D eigenvalue weighted by Crippen LogP contribution is -2.46. The number of para-hydroxylation sites is 1. The fourth-order valence-electron chi connectivity index (χ4n) is 2.26. The molecule has 1 aliphatic rings. The molecule has 0 saturated carbocycles. The van der Waals surface area contributed by atoms with Crippen molar-refractivity contribution in [2.45, 2.75) is 19.4 Å². The highest BCUT2D eigenvalue weighted by Gasteiger charge is 2.22. The molecule has 0 aliphatic carbocycles. The van der Waals surface area contributed by atoms with Crippen LogP contribution in [0.2, 0.25) is 0 Å². The lowest BCUT2D eigenvalue weighted by Gasteiger charge is -2.34. The first-order valence-electron chi connectivity index (χ1n) is 6.41. The van der Waals surface area contributed by atoms with Gasteiger partial charge in [-0.1, -0.05) is 25.1 Å². The van der Waals surface area contributed by atoms with Crippen LogP contribution in [0.5, 0.6) is 5.75 Å². The van der Waals surface area contributed by atoms with E-state index in [0.717, 1.165) is 38.4 Å². The van der Waals surface area contributed by atoms with Crippen molar-refractivity contribution in [2.24, 2.45) is 11.7 Å². The Morgan fingerprint density at radius 1 is 1.33 bits per heavy atom. The highest BCUT2D eigenvalue weighted by molar-refractivity contribution is 5.85. The average Bonchev–Trinajstić information content (AvgIpc) is 2.35. The van der Waals surface area contributed by atoms with Crippen LogP contribution >= 0.6 is 12.4 Å². The largest absolute Gasteiger partial charge is 0.492 e. The van der Waals surface area contributed by atoms with Gasteiger partial charge in [-0.25, -0.2) is 0 Å². The SMILES string of the molecule is CC1CN(CCOc2ccccc2)CCC1N.Cl. The molecule has 0 radical (unpaired) electrons. The molecule has 0 amide bonds. The molecule has 2 unspecified atom stereocenters. The second-order valence-electron chi connectivity index (χ2n) is 4.89. The van der Waals surface area contributed by atoms with Gasteiger partial charge in [0.15, 0.2) is 0 Å². The number of nitrogens with two attached hydrogens (primary N) is 1. The smallest absolute Gasteiger partial charge is 0.119 e. The van der Waals surface area contributed by atoms with Crippen LogP contribution < -0.4 is 10.5 Å². The number of nitrogens with zero attached hydrogens (tertiary/aromatic N) is 1. The highest BCUT2D eigenvalue weighted by Crippen LogP contribution is 2.14. The molecule has 4 heteroatoms. The van der Waals surface area contributed by atoms with E-state index in [1.807, 2.05) is 30.3 Å². The Hall–Kier alpha value is -0.770. The van der Waals surface area contributed by atoms with E-state index in [9.17, 15) is 0 Å².